The van der Waals surface area contributed by atoms with Crippen LogP contribution in [0.25, 0.3) is 0 Å². The van der Waals surface area contributed by atoms with Crippen LogP contribution in [0.2, 0.25) is 10.0 Å². The Morgan fingerprint density at radius 3 is 2.11 bits per heavy atom. The molecule has 0 aliphatic heterocycles. The Morgan fingerprint density at radius 2 is 1.51 bits per heavy atom. The molecule has 1 N–H and O–H groups in total. The molecule has 0 bridgehead atoms. The lowest BCUT2D eigenvalue weighted by Gasteiger charge is -2.32. The number of halogens is 3. The molecule has 0 spiro atoms. The summed E-state index contributed by atoms with van der Waals surface area (Å²) in [6.45, 7) is 4.88. The predicted octanol–water partition coefficient (Wildman–Crippen LogP) is 6.71. The van der Waals surface area contributed by atoms with E-state index in [-0.39, 0.29) is 30.7 Å². The number of amides is 2. The van der Waals surface area contributed by atoms with Crippen molar-refractivity contribution in [3.05, 3.63) is 104 Å². The van der Waals surface area contributed by atoms with Crippen molar-refractivity contribution in [2.45, 2.75) is 39.3 Å². The molecular weight excluding hydrogens is 547 g/mol. The molecule has 3 rings (SSSR count). The van der Waals surface area contributed by atoms with Crippen LogP contribution in [0.4, 0.5) is 0 Å². The molecule has 0 heterocycles. The van der Waals surface area contributed by atoms with Crippen molar-refractivity contribution in [3.63, 3.8) is 0 Å². The van der Waals surface area contributed by atoms with Crippen LogP contribution in [0.3, 0.4) is 0 Å². The highest BCUT2D eigenvalue weighted by molar-refractivity contribution is 9.10. The van der Waals surface area contributed by atoms with Crippen LogP contribution in [0.1, 0.15) is 30.5 Å². The van der Waals surface area contributed by atoms with Crippen molar-refractivity contribution in [2.24, 2.45) is 5.92 Å². The number of benzene rings is 3. The van der Waals surface area contributed by atoms with E-state index in [1.165, 1.54) is 0 Å². The lowest BCUT2D eigenvalue weighted by Crippen LogP contribution is -2.51. The minimum atomic E-state index is -0.700. The first kappa shape index (κ1) is 27.3. The molecule has 35 heavy (non-hydrogen) atoms. The second-order valence-corrected chi connectivity index (χ2v) is 10.6. The molecule has 0 aliphatic carbocycles. The Balaban J connectivity index is 1.98. The van der Waals surface area contributed by atoms with Gasteiger partial charge in [-0.15, -0.1) is 0 Å². The second kappa shape index (κ2) is 13.1. The Hall–Kier alpha value is -2.34. The maximum atomic E-state index is 13.8. The Morgan fingerprint density at radius 1 is 0.886 bits per heavy atom. The molecule has 184 valence electrons. The summed E-state index contributed by atoms with van der Waals surface area (Å²) in [6.07, 6.45) is 0.390. The monoisotopic (exact) mass is 574 g/mol. The highest BCUT2D eigenvalue weighted by atomic mass is 79.9. The summed E-state index contributed by atoms with van der Waals surface area (Å²) in [6, 6.07) is 21.9. The maximum Gasteiger partial charge on any atom is 0.243 e. The SMILES string of the molecule is CC(C)CNC(=O)C(Cc1ccccc1)N(Cc1ccc(Br)cc1)C(=O)Cc1c(Cl)cccc1Cl. The average Bonchev–Trinajstić information content (AvgIpc) is 2.84. The minimum absolute atomic E-state index is 0.00220. The summed E-state index contributed by atoms with van der Waals surface area (Å²) >= 11 is 16.2. The molecule has 0 fully saturated rings. The van der Waals surface area contributed by atoms with Gasteiger partial charge in [0.05, 0.1) is 6.42 Å². The summed E-state index contributed by atoms with van der Waals surface area (Å²) < 4.78 is 0.942. The second-order valence-electron chi connectivity index (χ2n) is 8.87. The van der Waals surface area contributed by atoms with Gasteiger partial charge >= 0.3 is 0 Å². The third-order valence-electron chi connectivity index (χ3n) is 5.61. The summed E-state index contributed by atoms with van der Waals surface area (Å²) in [5.74, 6) is -0.115. The average molecular weight is 576 g/mol. The van der Waals surface area contributed by atoms with Crippen LogP contribution in [0.15, 0.2) is 77.3 Å². The van der Waals surface area contributed by atoms with E-state index in [1.807, 2.05) is 68.4 Å². The highest BCUT2D eigenvalue weighted by Crippen LogP contribution is 2.26. The molecule has 1 atom stereocenters. The summed E-state index contributed by atoms with van der Waals surface area (Å²) in [5.41, 5.74) is 2.45. The summed E-state index contributed by atoms with van der Waals surface area (Å²) in [4.78, 5) is 28.9. The molecule has 0 saturated carbocycles. The van der Waals surface area contributed by atoms with E-state index in [0.29, 0.717) is 28.6 Å². The van der Waals surface area contributed by atoms with Crippen LogP contribution in [0, 0.1) is 5.92 Å². The van der Waals surface area contributed by atoms with E-state index in [9.17, 15) is 9.59 Å². The predicted molar refractivity (Wildman–Crippen MR) is 147 cm³/mol. The zero-order valence-corrected chi connectivity index (χ0v) is 22.9. The normalized spacial score (nSPS) is 11.8. The summed E-state index contributed by atoms with van der Waals surface area (Å²) in [7, 11) is 0. The van der Waals surface area contributed by atoms with Crippen molar-refractivity contribution in [3.8, 4) is 0 Å². The fourth-order valence-corrected chi connectivity index (χ4v) is 4.51. The van der Waals surface area contributed by atoms with Crippen LogP contribution >= 0.6 is 39.1 Å². The molecule has 0 radical (unpaired) electrons. The number of nitrogens with zero attached hydrogens (tertiary/aromatic N) is 1. The van der Waals surface area contributed by atoms with Crippen LogP contribution in [0.5, 0.6) is 0 Å². The van der Waals surface area contributed by atoms with Crippen molar-refractivity contribution in [2.75, 3.05) is 6.54 Å². The van der Waals surface area contributed by atoms with Gasteiger partial charge < -0.3 is 10.2 Å². The fraction of sp³-hybridized carbons (Fsp3) is 0.286. The van der Waals surface area contributed by atoms with Gasteiger partial charge in [-0.1, -0.05) is 102 Å². The van der Waals surface area contributed by atoms with Crippen molar-refractivity contribution in [1.82, 2.24) is 10.2 Å². The van der Waals surface area contributed by atoms with Crippen molar-refractivity contribution < 1.29 is 9.59 Å². The van der Waals surface area contributed by atoms with E-state index >= 15 is 0 Å². The molecule has 2 amide bonds. The summed E-state index contributed by atoms with van der Waals surface area (Å²) in [5, 5.41) is 3.88. The number of hydrogen-bond acceptors (Lipinski definition) is 2. The van der Waals surface area contributed by atoms with E-state index in [2.05, 4.69) is 21.2 Å². The first-order valence-corrected chi connectivity index (χ1v) is 13.1. The molecule has 0 saturated heterocycles. The number of carbonyl (C=O) groups excluding carboxylic acids is 2. The van der Waals surface area contributed by atoms with Gasteiger partial charge in [0, 0.05) is 34.0 Å². The van der Waals surface area contributed by atoms with E-state index in [4.69, 9.17) is 23.2 Å². The quantitative estimate of drug-likeness (QED) is 0.292. The van der Waals surface area contributed by atoms with Gasteiger partial charge in [-0.2, -0.15) is 0 Å². The van der Waals surface area contributed by atoms with Crippen molar-refractivity contribution >= 4 is 50.9 Å². The maximum absolute atomic E-state index is 13.8. The number of rotatable bonds is 10. The molecular formula is C28H29BrCl2N2O2. The lowest BCUT2D eigenvalue weighted by atomic mass is 10.0. The number of carbonyl (C=O) groups is 2. The number of nitrogens with one attached hydrogen (secondary N) is 1. The first-order chi connectivity index (χ1) is 16.7. The topological polar surface area (TPSA) is 49.4 Å². The fourth-order valence-electron chi connectivity index (χ4n) is 3.72. The lowest BCUT2D eigenvalue weighted by molar-refractivity contribution is -0.140. The van der Waals surface area contributed by atoms with Gasteiger partial charge in [-0.25, -0.2) is 0 Å². The zero-order chi connectivity index (χ0) is 25.4. The molecule has 7 heteroatoms. The van der Waals surface area contributed by atoms with Gasteiger partial charge in [0.2, 0.25) is 11.8 Å². The zero-order valence-electron chi connectivity index (χ0n) is 19.8. The van der Waals surface area contributed by atoms with E-state index < -0.39 is 6.04 Å². The van der Waals surface area contributed by atoms with Crippen LogP contribution in [-0.4, -0.2) is 29.3 Å². The van der Waals surface area contributed by atoms with Gasteiger partial charge in [0.1, 0.15) is 6.04 Å². The van der Waals surface area contributed by atoms with Crippen molar-refractivity contribution in [1.29, 1.82) is 0 Å². The van der Waals surface area contributed by atoms with Gasteiger partial charge in [-0.05, 0) is 46.9 Å². The Kier molecular flexibility index (Phi) is 10.2. The van der Waals surface area contributed by atoms with Crippen LogP contribution in [-0.2, 0) is 29.0 Å². The van der Waals surface area contributed by atoms with E-state index in [0.717, 1.165) is 15.6 Å². The largest absolute Gasteiger partial charge is 0.354 e. The molecule has 4 nitrogen and oxygen atoms in total. The van der Waals surface area contributed by atoms with E-state index in [1.54, 1.807) is 23.1 Å². The van der Waals surface area contributed by atoms with Gasteiger partial charge in [-0.3, -0.25) is 9.59 Å². The Labute approximate surface area is 225 Å². The highest BCUT2D eigenvalue weighted by Gasteiger charge is 2.31. The minimum Gasteiger partial charge on any atom is -0.354 e. The molecule has 3 aromatic rings. The number of hydrogen-bond donors (Lipinski definition) is 1. The molecule has 0 aromatic heterocycles. The third kappa shape index (κ3) is 8.09. The molecule has 3 aromatic carbocycles. The standard InChI is InChI=1S/C28H29BrCl2N2O2/c1-19(2)17-32-28(35)26(15-20-7-4-3-5-8-20)33(18-21-11-13-22(29)14-12-21)27(34)16-23-24(30)9-6-10-25(23)31/h3-14,19,26H,15-18H2,1-2H3,(H,32,35). The van der Waals surface area contributed by atoms with Crippen LogP contribution < -0.4 is 5.32 Å². The Bertz CT molecular complexity index is 1120. The van der Waals surface area contributed by atoms with Gasteiger partial charge in [0.25, 0.3) is 0 Å². The first-order valence-electron chi connectivity index (χ1n) is 11.5. The smallest absolute Gasteiger partial charge is 0.243 e. The molecule has 1 unspecified atom stereocenters. The molecule has 0 aliphatic rings. The third-order valence-corrected chi connectivity index (χ3v) is 6.85. The van der Waals surface area contributed by atoms with Gasteiger partial charge in [0.15, 0.2) is 0 Å².